The summed E-state index contributed by atoms with van der Waals surface area (Å²) in [6.07, 6.45) is 4.25. The number of hydrogen-bond donors (Lipinski definition) is 0. The molecular formula is C31H25N3O9. The second kappa shape index (κ2) is 12.1. The Kier molecular flexibility index (Phi) is 8.10. The minimum absolute atomic E-state index is 0.0493. The number of nitrogens with zero attached hydrogens (tertiary/aromatic N) is 3. The zero-order chi connectivity index (χ0) is 30.7. The van der Waals surface area contributed by atoms with Gasteiger partial charge in [-0.25, -0.2) is 9.80 Å². The molecule has 1 aliphatic heterocycles. The average Bonchev–Trinajstić information content (AvgIpc) is 3.28. The topological polar surface area (TPSA) is 153 Å². The highest BCUT2D eigenvalue weighted by Crippen LogP contribution is 2.36. The molecule has 12 heteroatoms. The number of non-ortho nitro benzene ring substituents is 1. The number of amides is 3. The van der Waals surface area contributed by atoms with E-state index in [0.29, 0.717) is 18.6 Å². The van der Waals surface area contributed by atoms with Crippen LogP contribution in [0, 0.1) is 22.0 Å². The summed E-state index contributed by atoms with van der Waals surface area (Å²) in [5.74, 6) is -3.95. The molecule has 0 bridgehead atoms. The van der Waals surface area contributed by atoms with E-state index in [1.807, 2.05) is 0 Å². The Bertz CT molecular complexity index is 1620. The van der Waals surface area contributed by atoms with Crippen molar-refractivity contribution < 1.29 is 38.4 Å². The molecule has 3 aromatic rings. The van der Waals surface area contributed by atoms with Gasteiger partial charge in [-0.1, -0.05) is 18.2 Å². The van der Waals surface area contributed by atoms with Gasteiger partial charge in [0, 0.05) is 23.3 Å². The summed E-state index contributed by atoms with van der Waals surface area (Å²) >= 11 is 0. The Hall–Kier alpha value is -5.65. The molecule has 0 N–H and O–H groups in total. The number of allylic oxidation sites excluding steroid dienone is 2. The van der Waals surface area contributed by atoms with Crippen molar-refractivity contribution in [3.63, 3.8) is 0 Å². The molecule has 3 aromatic carbocycles. The Balaban J connectivity index is 1.37. The Morgan fingerprint density at radius 1 is 0.860 bits per heavy atom. The number of hydrogen-bond acceptors (Lipinski definition) is 9. The lowest BCUT2D eigenvalue weighted by molar-refractivity contribution is -0.384. The zero-order valence-electron chi connectivity index (χ0n) is 22.9. The fraction of sp³-hybridized carbons (Fsp3) is 0.194. The van der Waals surface area contributed by atoms with Crippen LogP contribution in [0.1, 0.15) is 43.9 Å². The van der Waals surface area contributed by atoms with Crippen molar-refractivity contribution in [1.29, 1.82) is 0 Å². The van der Waals surface area contributed by atoms with Gasteiger partial charge in [0.25, 0.3) is 23.4 Å². The second-order valence-electron chi connectivity index (χ2n) is 9.88. The van der Waals surface area contributed by atoms with E-state index in [2.05, 4.69) is 0 Å². The molecule has 43 heavy (non-hydrogen) atoms. The fourth-order valence-corrected chi connectivity index (χ4v) is 4.98. The number of Topliss-reactive ketones (excluding diaryl/α,β-unsaturated/α-hetero) is 1. The number of methoxy groups -OCH3 is 1. The van der Waals surface area contributed by atoms with Crippen LogP contribution in [-0.4, -0.2) is 58.1 Å². The molecule has 0 spiro atoms. The number of imide groups is 1. The molecule has 0 aromatic heterocycles. The largest absolute Gasteiger partial charge is 0.497 e. The number of ketones is 1. The highest BCUT2D eigenvalue weighted by atomic mass is 16.6. The van der Waals surface area contributed by atoms with E-state index in [1.54, 1.807) is 30.4 Å². The molecule has 0 unspecified atom stereocenters. The number of esters is 1. The Morgan fingerprint density at radius 3 is 2.05 bits per heavy atom. The molecule has 1 saturated heterocycles. The molecular weight excluding hydrogens is 558 g/mol. The van der Waals surface area contributed by atoms with Crippen molar-refractivity contribution in [2.24, 2.45) is 11.8 Å². The number of carbonyl (C=O) groups is 5. The van der Waals surface area contributed by atoms with E-state index in [1.165, 1.54) is 49.6 Å². The van der Waals surface area contributed by atoms with Crippen LogP contribution in [0.3, 0.4) is 0 Å². The Morgan fingerprint density at radius 2 is 1.47 bits per heavy atom. The molecule has 2 aliphatic rings. The zero-order valence-corrected chi connectivity index (χ0v) is 22.9. The second-order valence-corrected chi connectivity index (χ2v) is 9.88. The molecule has 2 atom stereocenters. The molecule has 1 aliphatic carbocycles. The van der Waals surface area contributed by atoms with Gasteiger partial charge in [-0.05, 0) is 67.4 Å². The van der Waals surface area contributed by atoms with Crippen molar-refractivity contribution in [3.05, 3.63) is 112 Å². The van der Waals surface area contributed by atoms with E-state index in [-0.39, 0.29) is 28.1 Å². The van der Waals surface area contributed by atoms with Crippen LogP contribution in [0.2, 0.25) is 0 Å². The van der Waals surface area contributed by atoms with Crippen molar-refractivity contribution in [1.82, 2.24) is 10.0 Å². The number of carbonyl (C=O) groups excluding carboxylic acids is 5. The minimum atomic E-state index is -0.847. The quantitative estimate of drug-likeness (QED) is 0.0691. The molecule has 1 heterocycles. The number of fused-ring (bicyclic) bond motifs is 1. The number of rotatable bonds is 9. The molecule has 0 saturated carbocycles. The number of nitro benzene ring substituents is 1. The number of hydrazine groups is 1. The first-order chi connectivity index (χ1) is 20.7. The van der Waals surface area contributed by atoms with Gasteiger partial charge in [0.2, 0.25) is 0 Å². The predicted octanol–water partition coefficient (Wildman–Crippen LogP) is 4.01. The first-order valence-electron chi connectivity index (χ1n) is 13.3. The molecule has 5 rings (SSSR count). The van der Waals surface area contributed by atoms with E-state index >= 15 is 0 Å². The lowest BCUT2D eigenvalue weighted by Crippen LogP contribution is -2.52. The molecule has 218 valence electrons. The molecule has 12 nitrogen and oxygen atoms in total. The highest BCUT2D eigenvalue weighted by Gasteiger charge is 2.51. The van der Waals surface area contributed by atoms with Gasteiger partial charge in [-0.2, -0.15) is 5.01 Å². The van der Waals surface area contributed by atoms with Crippen LogP contribution in [0.15, 0.2) is 84.9 Å². The maximum Gasteiger partial charge on any atom is 0.343 e. The predicted molar refractivity (Wildman–Crippen MR) is 150 cm³/mol. The van der Waals surface area contributed by atoms with Gasteiger partial charge in [0.1, 0.15) is 18.0 Å². The third-order valence-electron chi connectivity index (χ3n) is 7.27. The maximum atomic E-state index is 13.6. The normalized spacial score (nSPS) is 17.3. The van der Waals surface area contributed by atoms with Crippen molar-refractivity contribution in [3.8, 4) is 11.5 Å². The van der Waals surface area contributed by atoms with Gasteiger partial charge < -0.3 is 9.47 Å². The molecule has 0 radical (unpaired) electrons. The number of benzene rings is 3. The average molecular weight is 584 g/mol. The van der Waals surface area contributed by atoms with Crippen LogP contribution < -0.4 is 9.47 Å². The van der Waals surface area contributed by atoms with Crippen LogP contribution in [-0.2, 0) is 9.59 Å². The van der Waals surface area contributed by atoms with Crippen molar-refractivity contribution in [2.45, 2.75) is 12.8 Å². The van der Waals surface area contributed by atoms with Gasteiger partial charge >= 0.3 is 5.97 Å². The number of nitro groups is 1. The van der Waals surface area contributed by atoms with E-state index in [4.69, 9.17) is 9.47 Å². The summed E-state index contributed by atoms with van der Waals surface area (Å²) < 4.78 is 10.5. The third-order valence-corrected chi connectivity index (χ3v) is 7.27. The highest BCUT2D eigenvalue weighted by molar-refractivity contribution is 6.09. The van der Waals surface area contributed by atoms with Gasteiger partial charge in [-0.3, -0.25) is 29.3 Å². The van der Waals surface area contributed by atoms with E-state index in [9.17, 15) is 34.1 Å². The van der Waals surface area contributed by atoms with Gasteiger partial charge in [0.15, 0.2) is 5.78 Å². The summed E-state index contributed by atoms with van der Waals surface area (Å²) in [5, 5.41) is 12.6. The van der Waals surface area contributed by atoms with Crippen molar-refractivity contribution >= 4 is 35.2 Å². The molecule has 1 fully saturated rings. The third kappa shape index (κ3) is 5.89. The summed E-state index contributed by atoms with van der Waals surface area (Å²) in [4.78, 5) is 76.6. The summed E-state index contributed by atoms with van der Waals surface area (Å²) in [6, 6.07) is 16.6. The lowest BCUT2D eigenvalue weighted by Gasteiger charge is -2.30. The fourth-order valence-electron chi connectivity index (χ4n) is 4.98. The van der Waals surface area contributed by atoms with Gasteiger partial charge in [-0.15, -0.1) is 0 Å². The first-order valence-corrected chi connectivity index (χ1v) is 13.3. The Labute approximate surface area is 245 Å². The van der Waals surface area contributed by atoms with Crippen LogP contribution >= 0.6 is 0 Å². The van der Waals surface area contributed by atoms with Crippen LogP contribution in [0.4, 0.5) is 5.69 Å². The minimum Gasteiger partial charge on any atom is -0.497 e. The number of ether oxygens (including phenoxy) is 2. The van der Waals surface area contributed by atoms with E-state index < -0.39 is 52.8 Å². The lowest BCUT2D eigenvalue weighted by atomic mass is 9.85. The summed E-state index contributed by atoms with van der Waals surface area (Å²) in [7, 11) is 1.47. The van der Waals surface area contributed by atoms with Crippen LogP contribution in [0.5, 0.6) is 11.5 Å². The first kappa shape index (κ1) is 28.9. The summed E-state index contributed by atoms with van der Waals surface area (Å²) in [6.45, 7) is -0.664. The monoisotopic (exact) mass is 583 g/mol. The summed E-state index contributed by atoms with van der Waals surface area (Å²) in [5.41, 5.74) is 0.0834. The SMILES string of the molecule is COc1cccc(C(=O)Oc2ccc(C(=O)CN(C(=O)c3ccc([N+](=O)[O-])cc3)N3C(=O)[C@H]4CC=CC[C@H]4C3=O)cc2)c1. The van der Waals surface area contributed by atoms with Gasteiger partial charge in [0.05, 0.1) is 29.4 Å². The molecule has 3 amide bonds. The standard InChI is InChI=1S/C31H25N3O9/c1-42-24-6-4-5-21(17-24)31(39)43-23-15-11-19(12-16-23)27(35)18-32(28(36)20-9-13-22(14-10-20)34(40)41)33-29(37)25-7-2-3-8-26(25)30(33)38/h2-6,9-17,25-26H,7-8,18H2,1H3/t25-,26+. The van der Waals surface area contributed by atoms with Crippen LogP contribution in [0.25, 0.3) is 0 Å². The maximum absolute atomic E-state index is 13.6. The smallest absolute Gasteiger partial charge is 0.343 e. The van der Waals surface area contributed by atoms with E-state index in [0.717, 1.165) is 22.2 Å². The van der Waals surface area contributed by atoms with Crippen molar-refractivity contribution in [2.75, 3.05) is 13.7 Å².